The Kier molecular flexibility index (Phi) is 6.71. The zero-order valence-corrected chi connectivity index (χ0v) is 17.9. The number of carbonyl (C=O) groups is 1. The number of amides is 1. The molecule has 0 fully saturated rings. The Morgan fingerprint density at radius 3 is 2.39 bits per heavy atom. The van der Waals surface area contributed by atoms with Crippen LogP contribution >= 0.6 is 0 Å². The number of carbonyl (C=O) groups excluding carboxylic acids is 1. The van der Waals surface area contributed by atoms with E-state index in [9.17, 15) is 4.79 Å². The number of para-hydroxylation sites is 2. The van der Waals surface area contributed by atoms with Gasteiger partial charge in [-0.05, 0) is 37.3 Å². The molecule has 0 atom stereocenters. The zero-order chi connectivity index (χ0) is 22.4. The number of ether oxygens (including phenoxy) is 3. The summed E-state index contributed by atoms with van der Waals surface area (Å²) in [5.74, 6) is 1.41. The van der Waals surface area contributed by atoms with Crippen LogP contribution in [0.1, 0.15) is 6.92 Å². The van der Waals surface area contributed by atoms with E-state index in [0.717, 1.165) is 11.0 Å². The van der Waals surface area contributed by atoms with Gasteiger partial charge in [0.1, 0.15) is 11.5 Å². The quantitative estimate of drug-likeness (QED) is 0.322. The predicted octanol–water partition coefficient (Wildman–Crippen LogP) is 4.17. The van der Waals surface area contributed by atoms with E-state index >= 15 is 0 Å². The van der Waals surface area contributed by atoms with Crippen molar-refractivity contribution in [1.82, 2.24) is 15.0 Å². The molecule has 0 aliphatic rings. The second-order valence-corrected chi connectivity index (χ2v) is 6.43. The number of nitrogens with one attached hydrogen (secondary N) is 2. The molecule has 0 aliphatic heterocycles. The lowest BCUT2D eigenvalue weighted by Crippen LogP contribution is -2.17. The first-order chi connectivity index (χ1) is 15.0. The van der Waals surface area contributed by atoms with Crippen LogP contribution in [0.5, 0.6) is 0 Å². The number of anilines is 1. The number of hydrogen-bond donors (Lipinski definition) is 2. The minimum Gasteiger partial charge on any atom is -0.493 e. The number of aromatic nitrogens is 3. The third-order valence-corrected chi connectivity index (χ3v) is 4.55. The monoisotopic (exact) mass is 420 g/mol. The van der Waals surface area contributed by atoms with E-state index in [-0.39, 0.29) is 17.1 Å². The molecule has 3 rings (SSSR count). The van der Waals surface area contributed by atoms with Gasteiger partial charge >= 0.3 is 0 Å². The molecule has 0 unspecified atom stereocenters. The van der Waals surface area contributed by atoms with Crippen molar-refractivity contribution >= 4 is 22.8 Å². The van der Waals surface area contributed by atoms with Gasteiger partial charge in [0.05, 0.1) is 37.9 Å². The lowest BCUT2D eigenvalue weighted by Gasteiger charge is -2.15. The summed E-state index contributed by atoms with van der Waals surface area (Å²) in [5, 5.41) is 2.78. The SMILES string of the molecule is C=C/C(OC)=C(OC)\C(OC)=C(/C)C(=O)Nc1cccc(-c2nc3ccccc3[nH]2)n1. The number of imidazole rings is 1. The summed E-state index contributed by atoms with van der Waals surface area (Å²) < 4.78 is 16.0. The van der Waals surface area contributed by atoms with E-state index in [2.05, 4.69) is 26.8 Å². The van der Waals surface area contributed by atoms with Crippen molar-refractivity contribution < 1.29 is 19.0 Å². The Bertz CT molecular complexity index is 1140. The van der Waals surface area contributed by atoms with Gasteiger partial charge in [0.2, 0.25) is 5.76 Å². The molecule has 8 nitrogen and oxygen atoms in total. The molecule has 3 aromatic rings. The first kappa shape index (κ1) is 21.6. The van der Waals surface area contributed by atoms with Gasteiger partial charge in [-0.15, -0.1) is 0 Å². The molecule has 8 heteroatoms. The van der Waals surface area contributed by atoms with Crippen LogP contribution in [0, 0.1) is 0 Å². The Morgan fingerprint density at radius 2 is 1.74 bits per heavy atom. The summed E-state index contributed by atoms with van der Waals surface area (Å²) in [4.78, 5) is 25.1. The molecule has 2 aromatic heterocycles. The van der Waals surface area contributed by atoms with E-state index in [4.69, 9.17) is 14.2 Å². The van der Waals surface area contributed by atoms with Crippen LogP contribution in [0.25, 0.3) is 22.6 Å². The number of nitrogens with zero attached hydrogens (tertiary/aromatic N) is 2. The maximum absolute atomic E-state index is 12.9. The van der Waals surface area contributed by atoms with E-state index in [1.165, 1.54) is 27.4 Å². The highest BCUT2D eigenvalue weighted by molar-refractivity contribution is 6.03. The van der Waals surface area contributed by atoms with Crippen LogP contribution in [0.15, 0.2) is 78.0 Å². The summed E-state index contributed by atoms with van der Waals surface area (Å²) >= 11 is 0. The minimum atomic E-state index is -0.403. The topological polar surface area (TPSA) is 98.4 Å². The summed E-state index contributed by atoms with van der Waals surface area (Å²) in [5.41, 5.74) is 2.64. The van der Waals surface area contributed by atoms with E-state index in [0.29, 0.717) is 23.1 Å². The Balaban J connectivity index is 1.90. The number of fused-ring (bicyclic) bond motifs is 1. The standard InChI is InChI=1S/C23H24N4O4/c1-6-18(29-3)21(31-5)20(30-4)14(2)23(28)27-19-13-9-12-17(24-19)22-25-15-10-7-8-11-16(15)26-22/h6-13H,1H2,2-5H3,(H,25,26)(H,24,27,28)/b20-14-,21-18-. The average Bonchev–Trinajstić information content (AvgIpc) is 3.23. The third-order valence-electron chi connectivity index (χ3n) is 4.55. The fraction of sp³-hybridized carbons (Fsp3) is 0.174. The number of aromatic amines is 1. The molecule has 0 spiro atoms. The van der Waals surface area contributed by atoms with Gasteiger partial charge in [-0.25, -0.2) is 9.97 Å². The Morgan fingerprint density at radius 1 is 1.00 bits per heavy atom. The summed E-state index contributed by atoms with van der Waals surface area (Å²) in [6.45, 7) is 5.30. The fourth-order valence-corrected chi connectivity index (χ4v) is 3.01. The average molecular weight is 420 g/mol. The Hall–Kier alpha value is -4.07. The van der Waals surface area contributed by atoms with Crippen molar-refractivity contribution in [3.8, 4) is 11.5 Å². The number of allylic oxidation sites excluding steroid dienone is 1. The van der Waals surface area contributed by atoms with Crippen molar-refractivity contribution in [1.29, 1.82) is 0 Å². The second kappa shape index (κ2) is 9.62. The first-order valence-corrected chi connectivity index (χ1v) is 9.45. The normalized spacial score (nSPS) is 12.5. The van der Waals surface area contributed by atoms with Crippen molar-refractivity contribution in [3.63, 3.8) is 0 Å². The van der Waals surface area contributed by atoms with Crippen molar-refractivity contribution in [2.45, 2.75) is 6.92 Å². The number of methoxy groups -OCH3 is 3. The molecule has 1 aromatic carbocycles. The number of pyridine rings is 1. The van der Waals surface area contributed by atoms with Crippen LogP contribution in [0.3, 0.4) is 0 Å². The van der Waals surface area contributed by atoms with Crippen LogP contribution in [-0.4, -0.2) is 42.2 Å². The fourth-order valence-electron chi connectivity index (χ4n) is 3.01. The third kappa shape index (κ3) is 4.58. The van der Waals surface area contributed by atoms with Gasteiger partial charge in [0.15, 0.2) is 17.3 Å². The summed E-state index contributed by atoms with van der Waals surface area (Å²) in [7, 11) is 4.38. The van der Waals surface area contributed by atoms with Gasteiger partial charge in [0.25, 0.3) is 5.91 Å². The van der Waals surface area contributed by atoms with Crippen LogP contribution < -0.4 is 5.32 Å². The van der Waals surface area contributed by atoms with Gasteiger partial charge in [0, 0.05) is 0 Å². The van der Waals surface area contributed by atoms with Crippen LogP contribution in [0.2, 0.25) is 0 Å². The van der Waals surface area contributed by atoms with E-state index in [1.54, 1.807) is 19.1 Å². The van der Waals surface area contributed by atoms with Crippen molar-refractivity contribution in [3.05, 3.63) is 78.0 Å². The van der Waals surface area contributed by atoms with Crippen LogP contribution in [0.4, 0.5) is 5.82 Å². The first-order valence-electron chi connectivity index (χ1n) is 9.45. The molecular formula is C23H24N4O4. The lowest BCUT2D eigenvalue weighted by atomic mass is 10.2. The number of rotatable bonds is 8. The highest BCUT2D eigenvalue weighted by atomic mass is 16.5. The molecule has 0 bridgehead atoms. The zero-order valence-electron chi connectivity index (χ0n) is 17.9. The molecule has 160 valence electrons. The lowest BCUT2D eigenvalue weighted by molar-refractivity contribution is -0.113. The molecule has 2 N–H and O–H groups in total. The summed E-state index contributed by atoms with van der Waals surface area (Å²) in [6, 6.07) is 13.0. The highest BCUT2D eigenvalue weighted by Gasteiger charge is 2.20. The molecule has 0 radical (unpaired) electrons. The van der Waals surface area contributed by atoms with E-state index in [1.807, 2.05) is 30.3 Å². The molecular weight excluding hydrogens is 396 g/mol. The maximum Gasteiger partial charge on any atom is 0.256 e. The molecule has 0 saturated carbocycles. The number of H-pyrrole nitrogens is 1. The minimum absolute atomic E-state index is 0.227. The molecule has 2 heterocycles. The second-order valence-electron chi connectivity index (χ2n) is 6.43. The maximum atomic E-state index is 12.9. The number of hydrogen-bond acceptors (Lipinski definition) is 6. The van der Waals surface area contributed by atoms with E-state index < -0.39 is 5.91 Å². The molecule has 0 aliphatic carbocycles. The molecule has 0 saturated heterocycles. The van der Waals surface area contributed by atoms with Crippen molar-refractivity contribution in [2.24, 2.45) is 0 Å². The summed E-state index contributed by atoms with van der Waals surface area (Å²) in [6.07, 6.45) is 1.47. The highest BCUT2D eigenvalue weighted by Crippen LogP contribution is 2.23. The molecule has 31 heavy (non-hydrogen) atoms. The van der Waals surface area contributed by atoms with Gasteiger partial charge in [-0.2, -0.15) is 0 Å². The van der Waals surface area contributed by atoms with Gasteiger partial charge < -0.3 is 24.5 Å². The number of benzene rings is 1. The largest absolute Gasteiger partial charge is 0.493 e. The van der Waals surface area contributed by atoms with Gasteiger partial charge in [-0.3, -0.25) is 4.79 Å². The smallest absolute Gasteiger partial charge is 0.256 e. The predicted molar refractivity (Wildman–Crippen MR) is 119 cm³/mol. The van der Waals surface area contributed by atoms with Gasteiger partial charge in [-0.1, -0.05) is 24.8 Å². The van der Waals surface area contributed by atoms with Crippen LogP contribution in [-0.2, 0) is 19.0 Å². The Labute approximate surface area is 180 Å². The van der Waals surface area contributed by atoms with Crippen molar-refractivity contribution in [2.75, 3.05) is 26.6 Å². The molecule has 1 amide bonds.